The Hall–Kier alpha value is -1.24. The minimum atomic E-state index is -0.500. The minimum Gasteiger partial charge on any atom is -0.505 e. The molecule has 0 aromatic heterocycles. The number of carbonyl (C=O) groups excluding carboxylic acids is 1. The summed E-state index contributed by atoms with van der Waals surface area (Å²) < 4.78 is 0. The number of anilines is 1. The summed E-state index contributed by atoms with van der Waals surface area (Å²) in [6.45, 7) is 0. The van der Waals surface area contributed by atoms with Crippen molar-refractivity contribution in [2.45, 2.75) is 0 Å². The summed E-state index contributed by atoms with van der Waals surface area (Å²) in [4.78, 5) is 12.1. The highest BCUT2D eigenvalue weighted by molar-refractivity contribution is 7.80. The van der Waals surface area contributed by atoms with Gasteiger partial charge in [-0.3, -0.25) is 10.1 Å². The van der Waals surface area contributed by atoms with Gasteiger partial charge in [0.1, 0.15) is 0 Å². The Morgan fingerprint density at radius 3 is 2.17 bits per heavy atom. The van der Waals surface area contributed by atoms with E-state index in [9.17, 15) is 9.90 Å². The standard InChI is InChI=1S/C14H8Cl4N2O2S/c15-6-1-2-8(9(16)3-6)13(22)20-14(23)19-7-4-10(17)12(21)11(18)5-7/h1-5,21H,(H2,19,20,22,23). The van der Waals surface area contributed by atoms with Crippen LogP contribution >= 0.6 is 58.6 Å². The van der Waals surface area contributed by atoms with E-state index >= 15 is 0 Å². The molecule has 0 heterocycles. The zero-order chi connectivity index (χ0) is 17.1. The van der Waals surface area contributed by atoms with Crippen molar-refractivity contribution in [1.82, 2.24) is 5.32 Å². The molecule has 0 bridgehead atoms. The second-order valence-electron chi connectivity index (χ2n) is 4.32. The molecule has 2 rings (SSSR count). The van der Waals surface area contributed by atoms with Crippen LogP contribution in [-0.4, -0.2) is 16.1 Å². The molecule has 0 unspecified atom stereocenters. The molecule has 3 N–H and O–H groups in total. The van der Waals surface area contributed by atoms with Gasteiger partial charge in [-0.05, 0) is 42.5 Å². The zero-order valence-electron chi connectivity index (χ0n) is 11.2. The van der Waals surface area contributed by atoms with Crippen LogP contribution in [0.25, 0.3) is 0 Å². The fraction of sp³-hybridized carbons (Fsp3) is 0. The Kier molecular flexibility index (Phi) is 5.95. The van der Waals surface area contributed by atoms with E-state index in [4.69, 9.17) is 58.6 Å². The number of hydrogen-bond donors (Lipinski definition) is 3. The third-order valence-corrected chi connectivity index (χ3v) is 4.01. The third-order valence-electron chi connectivity index (χ3n) is 2.68. The van der Waals surface area contributed by atoms with Gasteiger partial charge < -0.3 is 10.4 Å². The van der Waals surface area contributed by atoms with Crippen molar-refractivity contribution in [2.24, 2.45) is 0 Å². The summed E-state index contributed by atoms with van der Waals surface area (Å²) in [7, 11) is 0. The normalized spacial score (nSPS) is 10.3. The van der Waals surface area contributed by atoms with E-state index in [1.807, 2.05) is 0 Å². The number of phenolic OH excluding ortho intramolecular Hbond substituents is 1. The Bertz CT molecular complexity index is 775. The van der Waals surface area contributed by atoms with Crippen LogP contribution < -0.4 is 10.6 Å². The maximum Gasteiger partial charge on any atom is 0.258 e. The fourth-order valence-corrected chi connectivity index (χ4v) is 2.84. The smallest absolute Gasteiger partial charge is 0.258 e. The van der Waals surface area contributed by atoms with Gasteiger partial charge in [-0.25, -0.2) is 0 Å². The highest BCUT2D eigenvalue weighted by Gasteiger charge is 2.13. The van der Waals surface area contributed by atoms with Gasteiger partial charge in [-0.15, -0.1) is 0 Å². The third kappa shape index (κ3) is 4.62. The van der Waals surface area contributed by atoms with Crippen LogP contribution in [0.2, 0.25) is 20.1 Å². The van der Waals surface area contributed by atoms with Crippen LogP contribution in [0.15, 0.2) is 30.3 Å². The predicted octanol–water partition coefficient (Wildman–Crippen LogP) is 5.13. The van der Waals surface area contributed by atoms with Gasteiger partial charge in [0.15, 0.2) is 10.9 Å². The number of amides is 1. The molecular formula is C14H8Cl4N2O2S. The van der Waals surface area contributed by atoms with Crippen LogP contribution in [0.3, 0.4) is 0 Å². The predicted molar refractivity (Wildman–Crippen MR) is 98.3 cm³/mol. The lowest BCUT2D eigenvalue weighted by Gasteiger charge is -2.11. The van der Waals surface area contributed by atoms with E-state index < -0.39 is 5.91 Å². The number of rotatable bonds is 2. The molecule has 0 spiro atoms. The van der Waals surface area contributed by atoms with Gasteiger partial charge in [-0.2, -0.15) is 0 Å². The average Bonchev–Trinajstić information content (AvgIpc) is 2.44. The van der Waals surface area contributed by atoms with E-state index in [2.05, 4.69) is 10.6 Å². The summed E-state index contributed by atoms with van der Waals surface area (Å²) in [6, 6.07) is 7.30. The van der Waals surface area contributed by atoms with Crippen molar-refractivity contribution >= 4 is 75.3 Å². The minimum absolute atomic E-state index is 0.0128. The summed E-state index contributed by atoms with van der Waals surface area (Å²) in [5.41, 5.74) is 0.632. The van der Waals surface area contributed by atoms with Crippen LogP contribution in [0.1, 0.15) is 10.4 Å². The number of halogens is 4. The molecule has 23 heavy (non-hydrogen) atoms. The molecular weight excluding hydrogens is 402 g/mol. The molecule has 0 aliphatic heterocycles. The fourth-order valence-electron chi connectivity index (χ4n) is 1.64. The molecule has 2 aromatic rings. The average molecular weight is 410 g/mol. The van der Waals surface area contributed by atoms with Crippen LogP contribution in [0.4, 0.5) is 5.69 Å². The first-order chi connectivity index (χ1) is 10.8. The zero-order valence-corrected chi connectivity index (χ0v) is 15.0. The largest absolute Gasteiger partial charge is 0.505 e. The highest BCUT2D eigenvalue weighted by Crippen LogP contribution is 2.34. The molecule has 0 saturated heterocycles. The quantitative estimate of drug-likeness (QED) is 0.475. The lowest BCUT2D eigenvalue weighted by atomic mass is 10.2. The number of phenols is 1. The van der Waals surface area contributed by atoms with Crippen molar-refractivity contribution in [2.75, 3.05) is 5.32 Å². The van der Waals surface area contributed by atoms with E-state index in [0.29, 0.717) is 10.7 Å². The molecule has 120 valence electrons. The summed E-state index contributed by atoms with van der Waals surface area (Å²) in [5, 5.41) is 15.4. The first kappa shape index (κ1) is 18.1. The van der Waals surface area contributed by atoms with Crippen LogP contribution in [-0.2, 0) is 0 Å². The lowest BCUT2D eigenvalue weighted by Crippen LogP contribution is -2.34. The van der Waals surface area contributed by atoms with Crippen molar-refractivity contribution < 1.29 is 9.90 Å². The van der Waals surface area contributed by atoms with E-state index in [0.717, 1.165) is 0 Å². The Morgan fingerprint density at radius 2 is 1.61 bits per heavy atom. The maximum absolute atomic E-state index is 12.1. The molecule has 0 aliphatic carbocycles. The second kappa shape index (κ2) is 7.55. The lowest BCUT2D eigenvalue weighted by molar-refractivity contribution is 0.0978. The molecule has 2 aromatic carbocycles. The van der Waals surface area contributed by atoms with Gasteiger partial charge in [0, 0.05) is 10.7 Å². The Balaban J connectivity index is 2.09. The number of carbonyl (C=O) groups is 1. The van der Waals surface area contributed by atoms with E-state index in [-0.39, 0.29) is 31.5 Å². The van der Waals surface area contributed by atoms with Crippen molar-refractivity contribution in [3.8, 4) is 5.75 Å². The first-order valence-electron chi connectivity index (χ1n) is 6.03. The topological polar surface area (TPSA) is 61.4 Å². The van der Waals surface area contributed by atoms with Gasteiger partial charge in [0.25, 0.3) is 5.91 Å². The Morgan fingerprint density at radius 1 is 1.00 bits per heavy atom. The van der Waals surface area contributed by atoms with Gasteiger partial charge in [0.05, 0.1) is 20.6 Å². The van der Waals surface area contributed by atoms with Gasteiger partial charge in [-0.1, -0.05) is 46.4 Å². The SMILES string of the molecule is O=C(NC(=S)Nc1cc(Cl)c(O)c(Cl)c1)c1ccc(Cl)cc1Cl. The number of aromatic hydroxyl groups is 1. The van der Waals surface area contributed by atoms with Crippen LogP contribution in [0.5, 0.6) is 5.75 Å². The van der Waals surface area contributed by atoms with Crippen molar-refractivity contribution in [3.05, 3.63) is 56.0 Å². The number of benzene rings is 2. The number of nitrogens with one attached hydrogen (secondary N) is 2. The van der Waals surface area contributed by atoms with Crippen LogP contribution in [0, 0.1) is 0 Å². The number of thiocarbonyl (C=S) groups is 1. The van der Waals surface area contributed by atoms with E-state index in [1.165, 1.54) is 24.3 Å². The summed E-state index contributed by atoms with van der Waals surface area (Å²) in [6.07, 6.45) is 0. The molecule has 0 aliphatic rings. The van der Waals surface area contributed by atoms with Gasteiger partial charge >= 0.3 is 0 Å². The monoisotopic (exact) mass is 408 g/mol. The molecule has 0 saturated carbocycles. The van der Waals surface area contributed by atoms with Crippen molar-refractivity contribution in [1.29, 1.82) is 0 Å². The second-order valence-corrected chi connectivity index (χ2v) is 6.39. The highest BCUT2D eigenvalue weighted by atomic mass is 35.5. The molecule has 1 amide bonds. The Labute approximate surface area is 157 Å². The van der Waals surface area contributed by atoms with Crippen molar-refractivity contribution in [3.63, 3.8) is 0 Å². The molecule has 9 heteroatoms. The van der Waals surface area contributed by atoms with Gasteiger partial charge in [0.2, 0.25) is 0 Å². The summed E-state index contributed by atoms with van der Waals surface area (Å²) >= 11 is 28.4. The molecule has 0 radical (unpaired) electrons. The molecule has 4 nitrogen and oxygen atoms in total. The maximum atomic E-state index is 12.1. The first-order valence-corrected chi connectivity index (χ1v) is 7.95. The molecule has 0 fully saturated rings. The van der Waals surface area contributed by atoms with E-state index in [1.54, 1.807) is 6.07 Å². The summed E-state index contributed by atoms with van der Waals surface area (Å²) in [5.74, 6) is -0.734. The number of hydrogen-bond acceptors (Lipinski definition) is 3. The molecule has 0 atom stereocenters.